The van der Waals surface area contributed by atoms with Gasteiger partial charge in [-0.05, 0) is 30.0 Å². The highest BCUT2D eigenvalue weighted by Crippen LogP contribution is 2.23. The molecule has 1 unspecified atom stereocenters. The normalized spacial score (nSPS) is 12.6. The quantitative estimate of drug-likeness (QED) is 0.753. The average molecular weight is 181 g/mol. The number of nitrogens with one attached hydrogen (secondary N) is 1. The molecule has 0 aliphatic rings. The van der Waals surface area contributed by atoms with Gasteiger partial charge in [-0.1, -0.05) is 19.9 Å². The van der Waals surface area contributed by atoms with Gasteiger partial charge >= 0.3 is 0 Å². The highest BCUT2D eigenvalue weighted by atomic mass is 19.1. The zero-order valence-electron chi connectivity index (χ0n) is 8.39. The Balaban J connectivity index is 2.98. The van der Waals surface area contributed by atoms with Crippen molar-refractivity contribution < 1.29 is 4.39 Å². The van der Waals surface area contributed by atoms with Gasteiger partial charge in [-0.2, -0.15) is 0 Å². The van der Waals surface area contributed by atoms with Crippen LogP contribution in [0.25, 0.3) is 0 Å². The van der Waals surface area contributed by atoms with E-state index in [1.54, 1.807) is 13.1 Å². The van der Waals surface area contributed by atoms with Gasteiger partial charge in [-0.15, -0.1) is 0 Å². The Hall–Kier alpha value is -1.05. The minimum Gasteiger partial charge on any atom is -0.388 e. The molecule has 0 bridgehead atoms. The van der Waals surface area contributed by atoms with Crippen LogP contribution in [0, 0.1) is 5.82 Å². The van der Waals surface area contributed by atoms with Crippen LogP contribution >= 0.6 is 0 Å². The Morgan fingerprint density at radius 1 is 1.46 bits per heavy atom. The van der Waals surface area contributed by atoms with Crippen LogP contribution in [-0.4, -0.2) is 7.05 Å². The summed E-state index contributed by atoms with van der Waals surface area (Å²) in [7, 11) is 1.79. The van der Waals surface area contributed by atoms with Gasteiger partial charge in [-0.25, -0.2) is 4.39 Å². The molecular weight excluding hydrogens is 165 g/mol. The fourth-order valence-corrected chi connectivity index (χ4v) is 1.30. The summed E-state index contributed by atoms with van der Waals surface area (Å²) in [6.45, 7) is 4.10. The van der Waals surface area contributed by atoms with Crippen molar-refractivity contribution in [2.45, 2.75) is 26.2 Å². The monoisotopic (exact) mass is 181 g/mol. The van der Waals surface area contributed by atoms with E-state index in [-0.39, 0.29) is 5.82 Å². The summed E-state index contributed by atoms with van der Waals surface area (Å²) >= 11 is 0. The zero-order valence-corrected chi connectivity index (χ0v) is 8.39. The lowest BCUT2D eigenvalue weighted by atomic mass is 9.98. The van der Waals surface area contributed by atoms with Crippen molar-refractivity contribution in [2.75, 3.05) is 12.4 Å². The minimum absolute atomic E-state index is 0.110. The highest BCUT2D eigenvalue weighted by molar-refractivity contribution is 5.45. The summed E-state index contributed by atoms with van der Waals surface area (Å²) in [5.41, 5.74) is 1.63. The Bertz CT molecular complexity index is 283. The van der Waals surface area contributed by atoms with E-state index in [2.05, 4.69) is 12.2 Å². The molecule has 0 aliphatic carbocycles. The summed E-state index contributed by atoms with van der Waals surface area (Å²) in [4.78, 5) is 0. The van der Waals surface area contributed by atoms with Gasteiger partial charge < -0.3 is 5.32 Å². The van der Waals surface area contributed by atoms with E-state index < -0.39 is 0 Å². The Morgan fingerprint density at radius 2 is 2.15 bits per heavy atom. The Morgan fingerprint density at radius 3 is 2.62 bits per heavy atom. The van der Waals surface area contributed by atoms with E-state index in [1.807, 2.05) is 19.1 Å². The average Bonchev–Trinajstić information content (AvgIpc) is 2.16. The number of benzene rings is 1. The molecule has 0 saturated carbocycles. The second kappa shape index (κ2) is 4.26. The maximum absolute atomic E-state index is 13.4. The zero-order chi connectivity index (χ0) is 9.84. The van der Waals surface area contributed by atoms with Crippen LogP contribution in [-0.2, 0) is 0 Å². The van der Waals surface area contributed by atoms with Crippen LogP contribution in [0.3, 0.4) is 0 Å². The third kappa shape index (κ3) is 2.20. The summed E-state index contributed by atoms with van der Waals surface area (Å²) in [5, 5.41) is 2.91. The van der Waals surface area contributed by atoms with Gasteiger partial charge in [0.1, 0.15) is 5.82 Å². The first-order valence-corrected chi connectivity index (χ1v) is 4.66. The van der Waals surface area contributed by atoms with E-state index in [0.29, 0.717) is 5.92 Å². The summed E-state index contributed by atoms with van der Waals surface area (Å²) < 4.78 is 13.4. The molecule has 0 saturated heterocycles. The van der Waals surface area contributed by atoms with Gasteiger partial charge in [-0.3, -0.25) is 0 Å². The molecule has 1 aromatic rings. The first-order chi connectivity index (χ1) is 6.19. The molecule has 0 heterocycles. The molecule has 0 spiro atoms. The topological polar surface area (TPSA) is 12.0 Å². The summed E-state index contributed by atoms with van der Waals surface area (Å²) in [6, 6.07) is 5.31. The van der Waals surface area contributed by atoms with E-state index in [1.165, 1.54) is 0 Å². The van der Waals surface area contributed by atoms with Crippen molar-refractivity contribution in [1.82, 2.24) is 0 Å². The lowest BCUT2D eigenvalue weighted by Gasteiger charge is -2.11. The summed E-state index contributed by atoms with van der Waals surface area (Å²) in [5.74, 6) is 0.187. The molecule has 0 radical (unpaired) electrons. The second-order valence-corrected chi connectivity index (χ2v) is 3.30. The molecule has 0 aromatic heterocycles. The molecular formula is C11H16FN. The van der Waals surface area contributed by atoms with Crippen LogP contribution in [0.2, 0.25) is 0 Å². The number of anilines is 1. The first-order valence-electron chi connectivity index (χ1n) is 4.66. The van der Waals surface area contributed by atoms with Crippen LogP contribution in [0.15, 0.2) is 18.2 Å². The molecule has 1 rings (SSSR count). The van der Waals surface area contributed by atoms with Crippen molar-refractivity contribution in [3.05, 3.63) is 29.6 Å². The number of halogens is 1. The van der Waals surface area contributed by atoms with E-state index in [4.69, 9.17) is 0 Å². The van der Waals surface area contributed by atoms with Gasteiger partial charge in [0.15, 0.2) is 0 Å². The Labute approximate surface area is 79.0 Å². The van der Waals surface area contributed by atoms with E-state index in [0.717, 1.165) is 17.7 Å². The smallest absolute Gasteiger partial charge is 0.128 e. The Kier molecular flexibility index (Phi) is 3.29. The lowest BCUT2D eigenvalue weighted by molar-refractivity contribution is 0.584. The predicted octanol–water partition coefficient (Wildman–Crippen LogP) is 3.38. The lowest BCUT2D eigenvalue weighted by Crippen LogP contribution is -1.97. The standard InChI is InChI=1S/C11H16FN/c1-4-8(2)10-6-5-9(13-3)7-11(10)12/h5-8,13H,4H2,1-3H3. The number of hydrogen-bond donors (Lipinski definition) is 1. The van der Waals surface area contributed by atoms with Crippen molar-refractivity contribution in [2.24, 2.45) is 0 Å². The minimum atomic E-state index is -0.110. The maximum atomic E-state index is 13.4. The molecule has 1 atom stereocenters. The second-order valence-electron chi connectivity index (χ2n) is 3.30. The third-order valence-electron chi connectivity index (χ3n) is 2.43. The molecule has 1 N–H and O–H groups in total. The van der Waals surface area contributed by atoms with Crippen LogP contribution in [0.5, 0.6) is 0 Å². The molecule has 72 valence electrons. The van der Waals surface area contributed by atoms with Crippen LogP contribution in [0.1, 0.15) is 31.7 Å². The highest BCUT2D eigenvalue weighted by Gasteiger charge is 2.08. The number of hydrogen-bond acceptors (Lipinski definition) is 1. The molecule has 1 nitrogen and oxygen atoms in total. The molecule has 0 amide bonds. The van der Waals surface area contributed by atoms with Gasteiger partial charge in [0.2, 0.25) is 0 Å². The summed E-state index contributed by atoms with van der Waals surface area (Å²) in [6.07, 6.45) is 0.968. The van der Waals surface area contributed by atoms with Crippen molar-refractivity contribution in [1.29, 1.82) is 0 Å². The maximum Gasteiger partial charge on any atom is 0.128 e. The largest absolute Gasteiger partial charge is 0.388 e. The van der Waals surface area contributed by atoms with Gasteiger partial charge in [0.25, 0.3) is 0 Å². The van der Waals surface area contributed by atoms with Crippen LogP contribution in [0.4, 0.5) is 10.1 Å². The van der Waals surface area contributed by atoms with E-state index >= 15 is 0 Å². The molecule has 13 heavy (non-hydrogen) atoms. The van der Waals surface area contributed by atoms with Crippen molar-refractivity contribution in [3.8, 4) is 0 Å². The third-order valence-corrected chi connectivity index (χ3v) is 2.43. The van der Waals surface area contributed by atoms with Crippen molar-refractivity contribution in [3.63, 3.8) is 0 Å². The van der Waals surface area contributed by atoms with Crippen LogP contribution < -0.4 is 5.32 Å². The number of rotatable bonds is 3. The SMILES string of the molecule is CCC(C)c1ccc(NC)cc1F. The predicted molar refractivity (Wildman–Crippen MR) is 54.7 cm³/mol. The molecule has 2 heteroatoms. The van der Waals surface area contributed by atoms with Crippen molar-refractivity contribution >= 4 is 5.69 Å². The van der Waals surface area contributed by atoms with Gasteiger partial charge in [0.05, 0.1) is 0 Å². The molecule has 0 aliphatic heterocycles. The fraction of sp³-hybridized carbons (Fsp3) is 0.455. The molecule has 1 aromatic carbocycles. The first kappa shape index (κ1) is 10.0. The van der Waals surface area contributed by atoms with E-state index in [9.17, 15) is 4.39 Å². The molecule has 0 fully saturated rings. The fourth-order valence-electron chi connectivity index (χ4n) is 1.30. The van der Waals surface area contributed by atoms with Gasteiger partial charge in [0, 0.05) is 12.7 Å².